The molecule has 0 saturated heterocycles. The van der Waals surface area contributed by atoms with Gasteiger partial charge >= 0.3 is 0 Å². The summed E-state index contributed by atoms with van der Waals surface area (Å²) in [6.45, 7) is 2.13. The second kappa shape index (κ2) is 3.91. The van der Waals surface area contributed by atoms with Crippen LogP contribution in [-0.2, 0) is 13.7 Å². The maximum Gasteiger partial charge on any atom is 0.0699 e. The molecule has 1 aromatic carbocycles. The molecule has 15 heavy (non-hydrogen) atoms. The van der Waals surface area contributed by atoms with E-state index in [9.17, 15) is 5.11 Å². The Labute approximate surface area is 89.8 Å². The molecule has 0 fully saturated rings. The van der Waals surface area contributed by atoms with Crippen molar-refractivity contribution in [3.63, 3.8) is 0 Å². The summed E-state index contributed by atoms with van der Waals surface area (Å²) in [6.07, 6.45) is 0. The number of hydrogen-bond donors (Lipinski definition) is 1. The van der Waals surface area contributed by atoms with Crippen LogP contribution in [0.5, 0.6) is 0 Å². The molecular formula is C13H15NO. The Morgan fingerprint density at radius 3 is 2.40 bits per heavy atom. The molecule has 2 aromatic rings. The summed E-state index contributed by atoms with van der Waals surface area (Å²) in [6, 6.07) is 12.3. The van der Waals surface area contributed by atoms with Crippen LogP contribution in [0.3, 0.4) is 0 Å². The van der Waals surface area contributed by atoms with Crippen LogP contribution in [-0.4, -0.2) is 9.67 Å². The van der Waals surface area contributed by atoms with Gasteiger partial charge in [0.05, 0.1) is 6.61 Å². The van der Waals surface area contributed by atoms with Crippen LogP contribution in [0.25, 0.3) is 11.3 Å². The number of benzene rings is 1. The van der Waals surface area contributed by atoms with Gasteiger partial charge in [-0.25, -0.2) is 0 Å². The van der Waals surface area contributed by atoms with Crippen LogP contribution in [0.4, 0.5) is 0 Å². The third-order valence-corrected chi connectivity index (χ3v) is 2.88. The van der Waals surface area contributed by atoms with E-state index in [1.54, 1.807) is 0 Å². The molecule has 0 amide bonds. The van der Waals surface area contributed by atoms with E-state index in [1.165, 1.54) is 5.56 Å². The van der Waals surface area contributed by atoms with Gasteiger partial charge in [0.25, 0.3) is 0 Å². The van der Waals surface area contributed by atoms with Gasteiger partial charge in [0, 0.05) is 18.4 Å². The van der Waals surface area contributed by atoms with E-state index in [0.29, 0.717) is 0 Å². The summed E-state index contributed by atoms with van der Waals surface area (Å²) >= 11 is 0. The Bertz CT molecular complexity index is 457. The monoisotopic (exact) mass is 201 g/mol. The first kappa shape index (κ1) is 9.99. The minimum Gasteiger partial charge on any atom is -0.392 e. The van der Waals surface area contributed by atoms with Crippen molar-refractivity contribution in [1.29, 1.82) is 0 Å². The number of nitrogens with zero attached hydrogens (tertiary/aromatic N) is 1. The molecule has 2 rings (SSSR count). The van der Waals surface area contributed by atoms with Gasteiger partial charge in [0.1, 0.15) is 0 Å². The van der Waals surface area contributed by atoms with Crippen molar-refractivity contribution in [3.8, 4) is 11.3 Å². The zero-order valence-electron chi connectivity index (χ0n) is 9.07. The minimum absolute atomic E-state index is 0.104. The lowest BCUT2D eigenvalue weighted by Gasteiger charge is -2.04. The van der Waals surface area contributed by atoms with Gasteiger partial charge in [-0.3, -0.25) is 0 Å². The summed E-state index contributed by atoms with van der Waals surface area (Å²) in [5, 5.41) is 9.19. The molecule has 78 valence electrons. The molecule has 0 atom stereocenters. The van der Waals surface area contributed by atoms with Gasteiger partial charge in [0.2, 0.25) is 0 Å². The molecule has 2 nitrogen and oxygen atoms in total. The molecule has 0 bridgehead atoms. The van der Waals surface area contributed by atoms with Crippen LogP contribution in [0, 0.1) is 6.92 Å². The lowest BCUT2D eigenvalue weighted by molar-refractivity contribution is 0.281. The summed E-state index contributed by atoms with van der Waals surface area (Å²) in [5.41, 5.74) is 4.45. The molecule has 1 N–H and O–H groups in total. The Morgan fingerprint density at radius 1 is 1.20 bits per heavy atom. The van der Waals surface area contributed by atoms with Crippen LogP contribution in [0.2, 0.25) is 0 Å². The molecule has 0 aliphatic rings. The zero-order valence-corrected chi connectivity index (χ0v) is 9.07. The average Bonchev–Trinajstić information content (AvgIpc) is 2.57. The molecule has 0 spiro atoms. The average molecular weight is 201 g/mol. The SMILES string of the molecule is Cc1c(CO)cc(-c2ccccc2)n1C. The molecule has 0 aliphatic heterocycles. The van der Waals surface area contributed by atoms with Crippen LogP contribution in [0.15, 0.2) is 36.4 Å². The molecule has 0 unspecified atom stereocenters. The smallest absolute Gasteiger partial charge is 0.0699 e. The quantitative estimate of drug-likeness (QED) is 0.793. The summed E-state index contributed by atoms with van der Waals surface area (Å²) in [5.74, 6) is 0. The van der Waals surface area contributed by atoms with Crippen LogP contribution >= 0.6 is 0 Å². The van der Waals surface area contributed by atoms with Crippen LogP contribution < -0.4 is 0 Å². The van der Waals surface area contributed by atoms with Gasteiger partial charge in [-0.05, 0) is 24.1 Å². The Hall–Kier alpha value is -1.54. The van der Waals surface area contributed by atoms with Gasteiger partial charge in [-0.2, -0.15) is 0 Å². The van der Waals surface area contributed by atoms with Gasteiger partial charge in [0.15, 0.2) is 0 Å². The lowest BCUT2D eigenvalue weighted by Crippen LogP contribution is -1.94. The first-order chi connectivity index (χ1) is 7.24. The molecule has 2 heteroatoms. The van der Waals surface area contributed by atoms with Crippen molar-refractivity contribution >= 4 is 0 Å². The number of aromatic nitrogens is 1. The molecule has 1 aromatic heterocycles. The predicted octanol–water partition coefficient (Wildman–Crippen LogP) is 2.49. The maximum atomic E-state index is 9.19. The van der Waals surface area contributed by atoms with Crippen molar-refractivity contribution < 1.29 is 5.11 Å². The molecular weight excluding hydrogens is 186 g/mol. The van der Waals surface area contributed by atoms with Crippen LogP contribution in [0.1, 0.15) is 11.3 Å². The highest BCUT2D eigenvalue weighted by atomic mass is 16.3. The summed E-state index contributed by atoms with van der Waals surface area (Å²) < 4.78 is 2.11. The van der Waals surface area contributed by atoms with E-state index in [4.69, 9.17) is 0 Å². The van der Waals surface area contributed by atoms with Gasteiger partial charge in [-0.15, -0.1) is 0 Å². The number of rotatable bonds is 2. The van der Waals surface area contributed by atoms with E-state index in [1.807, 2.05) is 38.2 Å². The Morgan fingerprint density at radius 2 is 1.87 bits per heavy atom. The molecule has 0 radical (unpaired) electrons. The Kier molecular flexibility index (Phi) is 2.60. The minimum atomic E-state index is 0.104. The zero-order chi connectivity index (χ0) is 10.8. The second-order valence-electron chi connectivity index (χ2n) is 3.72. The van der Waals surface area contributed by atoms with E-state index in [-0.39, 0.29) is 6.61 Å². The number of hydrogen-bond acceptors (Lipinski definition) is 1. The van der Waals surface area contributed by atoms with Crippen molar-refractivity contribution in [2.45, 2.75) is 13.5 Å². The normalized spacial score (nSPS) is 10.6. The van der Waals surface area contributed by atoms with E-state index in [2.05, 4.69) is 16.7 Å². The summed E-state index contributed by atoms with van der Waals surface area (Å²) in [4.78, 5) is 0. The molecule has 0 saturated carbocycles. The second-order valence-corrected chi connectivity index (χ2v) is 3.72. The summed E-state index contributed by atoms with van der Waals surface area (Å²) in [7, 11) is 2.02. The van der Waals surface area contributed by atoms with E-state index >= 15 is 0 Å². The number of aliphatic hydroxyl groups excluding tert-OH is 1. The van der Waals surface area contributed by atoms with Crippen molar-refractivity contribution in [1.82, 2.24) is 4.57 Å². The fraction of sp³-hybridized carbons (Fsp3) is 0.231. The van der Waals surface area contributed by atoms with Crippen molar-refractivity contribution in [3.05, 3.63) is 47.7 Å². The third kappa shape index (κ3) is 1.68. The van der Waals surface area contributed by atoms with Crippen molar-refractivity contribution in [2.24, 2.45) is 7.05 Å². The highest BCUT2D eigenvalue weighted by Gasteiger charge is 2.08. The number of aliphatic hydroxyl groups is 1. The molecule has 0 aliphatic carbocycles. The largest absolute Gasteiger partial charge is 0.392 e. The van der Waals surface area contributed by atoms with Gasteiger partial charge in [-0.1, -0.05) is 30.3 Å². The fourth-order valence-electron chi connectivity index (χ4n) is 1.81. The maximum absolute atomic E-state index is 9.19. The van der Waals surface area contributed by atoms with Crippen molar-refractivity contribution in [2.75, 3.05) is 0 Å². The highest BCUT2D eigenvalue weighted by molar-refractivity contribution is 5.62. The van der Waals surface area contributed by atoms with E-state index in [0.717, 1.165) is 17.0 Å². The third-order valence-electron chi connectivity index (χ3n) is 2.88. The van der Waals surface area contributed by atoms with Gasteiger partial charge < -0.3 is 9.67 Å². The standard InChI is InChI=1S/C13H15NO/c1-10-12(9-15)8-13(14(10)2)11-6-4-3-5-7-11/h3-8,15H,9H2,1-2H3. The first-order valence-corrected chi connectivity index (χ1v) is 5.05. The topological polar surface area (TPSA) is 25.2 Å². The first-order valence-electron chi connectivity index (χ1n) is 5.05. The fourth-order valence-corrected chi connectivity index (χ4v) is 1.81. The predicted molar refractivity (Wildman–Crippen MR) is 61.5 cm³/mol. The Balaban J connectivity index is 2.55. The van der Waals surface area contributed by atoms with E-state index < -0.39 is 0 Å². The lowest BCUT2D eigenvalue weighted by atomic mass is 10.1. The molecule has 1 heterocycles. The highest BCUT2D eigenvalue weighted by Crippen LogP contribution is 2.24.